The molecule has 0 aromatic carbocycles. The zero-order valence-electron chi connectivity index (χ0n) is 11.3. The van der Waals surface area contributed by atoms with Crippen molar-refractivity contribution in [2.75, 3.05) is 7.05 Å². The van der Waals surface area contributed by atoms with Gasteiger partial charge in [0, 0.05) is 17.9 Å². The average Bonchev–Trinajstić information content (AvgIpc) is 2.33. The van der Waals surface area contributed by atoms with Crippen LogP contribution in [0.25, 0.3) is 0 Å². The summed E-state index contributed by atoms with van der Waals surface area (Å²) < 4.78 is 0. The third kappa shape index (κ3) is 2.68. The van der Waals surface area contributed by atoms with Crippen molar-refractivity contribution in [3.63, 3.8) is 0 Å². The topological polar surface area (TPSA) is 24.9 Å². The van der Waals surface area contributed by atoms with E-state index in [1.807, 2.05) is 13.1 Å². The molecule has 1 heterocycles. The van der Waals surface area contributed by atoms with E-state index < -0.39 is 0 Å². The smallest absolute Gasteiger partial charge is 0.0387 e. The maximum atomic E-state index is 4.43. The highest BCUT2D eigenvalue weighted by Gasteiger charge is 2.35. The predicted octanol–water partition coefficient (Wildman–Crippen LogP) is 3.62. The third-order valence-corrected chi connectivity index (χ3v) is 4.25. The van der Waals surface area contributed by atoms with Gasteiger partial charge in [0.05, 0.1) is 0 Å². The van der Waals surface area contributed by atoms with Gasteiger partial charge in [-0.1, -0.05) is 32.3 Å². The second-order valence-electron chi connectivity index (χ2n) is 5.67. The number of nitrogens with one attached hydrogen (secondary N) is 1. The van der Waals surface area contributed by atoms with Crippen LogP contribution in [0.5, 0.6) is 0 Å². The lowest BCUT2D eigenvalue weighted by molar-refractivity contribution is 0.150. The molecule has 1 N–H and O–H groups in total. The molecule has 1 saturated carbocycles. The SMILES string of the molecule is CNC(c1ccc(C)nc1)C1(C)CCCCC1. The molecule has 1 fully saturated rings. The zero-order valence-corrected chi connectivity index (χ0v) is 11.3. The van der Waals surface area contributed by atoms with Gasteiger partial charge in [-0.25, -0.2) is 0 Å². The van der Waals surface area contributed by atoms with Gasteiger partial charge in [0.15, 0.2) is 0 Å². The van der Waals surface area contributed by atoms with E-state index >= 15 is 0 Å². The second-order valence-corrected chi connectivity index (χ2v) is 5.67. The lowest BCUT2D eigenvalue weighted by Crippen LogP contribution is -2.36. The van der Waals surface area contributed by atoms with Gasteiger partial charge < -0.3 is 5.32 Å². The van der Waals surface area contributed by atoms with Crippen molar-refractivity contribution < 1.29 is 0 Å². The van der Waals surface area contributed by atoms with Crippen LogP contribution in [0.3, 0.4) is 0 Å². The van der Waals surface area contributed by atoms with Gasteiger partial charge in [0.1, 0.15) is 0 Å². The number of pyridine rings is 1. The van der Waals surface area contributed by atoms with Crippen LogP contribution in [0.1, 0.15) is 56.3 Å². The Bertz CT molecular complexity index is 350. The lowest BCUT2D eigenvalue weighted by Gasteiger charge is -2.41. The summed E-state index contributed by atoms with van der Waals surface area (Å²) in [5.74, 6) is 0. The molecule has 0 amide bonds. The molecule has 1 aromatic rings. The Morgan fingerprint density at radius 2 is 1.94 bits per heavy atom. The Morgan fingerprint density at radius 1 is 1.24 bits per heavy atom. The lowest BCUT2D eigenvalue weighted by atomic mass is 9.69. The first-order valence-electron chi connectivity index (χ1n) is 6.75. The van der Waals surface area contributed by atoms with Crippen LogP contribution < -0.4 is 5.32 Å². The highest BCUT2D eigenvalue weighted by molar-refractivity contribution is 5.20. The van der Waals surface area contributed by atoms with E-state index in [0.717, 1.165) is 5.69 Å². The monoisotopic (exact) mass is 232 g/mol. The van der Waals surface area contributed by atoms with Gasteiger partial charge >= 0.3 is 0 Å². The number of rotatable bonds is 3. The number of hydrogen-bond donors (Lipinski definition) is 1. The predicted molar refractivity (Wildman–Crippen MR) is 72.0 cm³/mol. The summed E-state index contributed by atoms with van der Waals surface area (Å²) in [6, 6.07) is 4.78. The molecule has 0 bridgehead atoms. The summed E-state index contributed by atoms with van der Waals surface area (Å²) in [7, 11) is 2.07. The molecule has 0 radical (unpaired) electrons. The van der Waals surface area contributed by atoms with E-state index in [2.05, 4.69) is 36.4 Å². The molecule has 1 aromatic heterocycles. The highest BCUT2D eigenvalue weighted by Crippen LogP contribution is 2.45. The molecule has 94 valence electrons. The number of nitrogens with zero attached hydrogens (tertiary/aromatic N) is 1. The summed E-state index contributed by atoms with van der Waals surface area (Å²) in [6.07, 6.45) is 8.83. The molecule has 2 rings (SSSR count). The zero-order chi connectivity index (χ0) is 12.3. The van der Waals surface area contributed by atoms with Crippen LogP contribution in [0.2, 0.25) is 0 Å². The summed E-state index contributed by atoms with van der Waals surface area (Å²) in [5.41, 5.74) is 2.82. The molecular weight excluding hydrogens is 208 g/mol. The van der Waals surface area contributed by atoms with E-state index in [1.165, 1.54) is 37.7 Å². The quantitative estimate of drug-likeness (QED) is 0.861. The summed E-state index contributed by atoms with van der Waals surface area (Å²) in [6.45, 7) is 4.47. The van der Waals surface area contributed by atoms with Crippen LogP contribution in [0.4, 0.5) is 0 Å². The first-order valence-corrected chi connectivity index (χ1v) is 6.75. The molecule has 0 spiro atoms. The molecule has 2 nitrogen and oxygen atoms in total. The summed E-state index contributed by atoms with van der Waals surface area (Å²) >= 11 is 0. The van der Waals surface area contributed by atoms with Crippen LogP contribution in [-0.2, 0) is 0 Å². The maximum absolute atomic E-state index is 4.43. The van der Waals surface area contributed by atoms with E-state index in [9.17, 15) is 0 Å². The minimum absolute atomic E-state index is 0.393. The fourth-order valence-electron chi connectivity index (χ4n) is 3.22. The Labute approximate surface area is 105 Å². The average molecular weight is 232 g/mol. The van der Waals surface area contributed by atoms with Gasteiger partial charge in [-0.3, -0.25) is 4.98 Å². The Morgan fingerprint density at radius 3 is 2.47 bits per heavy atom. The Hall–Kier alpha value is -0.890. The van der Waals surface area contributed by atoms with Gasteiger partial charge in [-0.05, 0) is 43.9 Å². The van der Waals surface area contributed by atoms with Crippen LogP contribution in [0, 0.1) is 12.3 Å². The van der Waals surface area contributed by atoms with Crippen molar-refractivity contribution in [3.05, 3.63) is 29.6 Å². The minimum atomic E-state index is 0.393. The maximum Gasteiger partial charge on any atom is 0.0387 e. The molecule has 1 unspecified atom stereocenters. The number of aromatic nitrogens is 1. The van der Waals surface area contributed by atoms with Crippen molar-refractivity contribution in [1.82, 2.24) is 10.3 Å². The Kier molecular flexibility index (Phi) is 3.82. The van der Waals surface area contributed by atoms with Crippen LogP contribution in [0.15, 0.2) is 18.3 Å². The van der Waals surface area contributed by atoms with Crippen LogP contribution in [-0.4, -0.2) is 12.0 Å². The highest BCUT2D eigenvalue weighted by atomic mass is 14.9. The van der Waals surface area contributed by atoms with Crippen molar-refractivity contribution in [2.24, 2.45) is 5.41 Å². The van der Waals surface area contributed by atoms with Crippen molar-refractivity contribution in [2.45, 2.75) is 52.0 Å². The van der Waals surface area contributed by atoms with Crippen molar-refractivity contribution >= 4 is 0 Å². The fraction of sp³-hybridized carbons (Fsp3) is 0.667. The molecule has 17 heavy (non-hydrogen) atoms. The molecule has 0 saturated heterocycles. The van der Waals surface area contributed by atoms with E-state index in [4.69, 9.17) is 0 Å². The fourth-order valence-corrected chi connectivity index (χ4v) is 3.22. The van der Waals surface area contributed by atoms with E-state index in [0.29, 0.717) is 11.5 Å². The van der Waals surface area contributed by atoms with Gasteiger partial charge in [-0.15, -0.1) is 0 Å². The van der Waals surface area contributed by atoms with Crippen LogP contribution >= 0.6 is 0 Å². The normalized spacial score (nSPS) is 21.1. The van der Waals surface area contributed by atoms with Crippen molar-refractivity contribution in [1.29, 1.82) is 0 Å². The summed E-state index contributed by atoms with van der Waals surface area (Å²) in [5, 5.41) is 3.51. The van der Waals surface area contributed by atoms with Crippen molar-refractivity contribution in [3.8, 4) is 0 Å². The summed E-state index contributed by atoms with van der Waals surface area (Å²) in [4.78, 5) is 4.43. The first kappa shape index (κ1) is 12.6. The van der Waals surface area contributed by atoms with Gasteiger partial charge in [0.25, 0.3) is 0 Å². The van der Waals surface area contributed by atoms with Gasteiger partial charge in [0.2, 0.25) is 0 Å². The molecule has 1 aliphatic rings. The standard InChI is InChI=1S/C15H24N2/c1-12-7-8-13(11-17-12)14(16-3)15(2)9-5-4-6-10-15/h7-8,11,14,16H,4-6,9-10H2,1-3H3. The first-order chi connectivity index (χ1) is 8.15. The minimum Gasteiger partial charge on any atom is -0.312 e. The molecular formula is C15H24N2. The number of aryl methyl sites for hydroxylation is 1. The molecule has 2 heteroatoms. The number of hydrogen-bond acceptors (Lipinski definition) is 2. The Balaban J connectivity index is 2.22. The van der Waals surface area contributed by atoms with Gasteiger partial charge in [-0.2, -0.15) is 0 Å². The van der Waals surface area contributed by atoms with E-state index in [1.54, 1.807) is 0 Å². The largest absolute Gasteiger partial charge is 0.312 e. The third-order valence-electron chi connectivity index (χ3n) is 4.25. The molecule has 1 atom stereocenters. The van der Waals surface area contributed by atoms with E-state index in [-0.39, 0.29) is 0 Å². The second kappa shape index (κ2) is 5.18. The molecule has 0 aliphatic heterocycles. The molecule has 1 aliphatic carbocycles.